The van der Waals surface area contributed by atoms with Crippen LogP contribution in [0.5, 0.6) is 11.5 Å². The van der Waals surface area contributed by atoms with E-state index < -0.39 is 0 Å². The molecule has 0 spiro atoms. The third kappa shape index (κ3) is 5.31. The van der Waals surface area contributed by atoms with Crippen molar-refractivity contribution in [3.63, 3.8) is 0 Å². The standard InChI is InChI=1S/C21H25N3O4/c1-15(22-14-16-6-4-9-19(12-16)27-11-10-25-2)21-23-20(24-28-21)17-7-5-8-18(13-17)26-3/h4-9,12-13,15,22H,10-11,14H2,1-3H3. The van der Waals surface area contributed by atoms with Crippen LogP contribution in [0.3, 0.4) is 0 Å². The molecule has 0 aliphatic carbocycles. The topological polar surface area (TPSA) is 78.6 Å². The maximum atomic E-state index is 5.65. The molecule has 0 saturated carbocycles. The number of hydrogen-bond acceptors (Lipinski definition) is 7. The zero-order valence-electron chi connectivity index (χ0n) is 16.3. The van der Waals surface area contributed by atoms with Crippen molar-refractivity contribution in [2.24, 2.45) is 0 Å². The molecule has 0 aliphatic heterocycles. The SMILES string of the molecule is COCCOc1cccc(CNC(C)c2nc(-c3cccc(OC)c3)no2)c1. The highest BCUT2D eigenvalue weighted by molar-refractivity contribution is 5.56. The first kappa shape index (κ1) is 19.9. The largest absolute Gasteiger partial charge is 0.497 e. The molecule has 7 nitrogen and oxygen atoms in total. The van der Waals surface area contributed by atoms with E-state index in [1.54, 1.807) is 14.2 Å². The summed E-state index contributed by atoms with van der Waals surface area (Å²) in [6.07, 6.45) is 0. The lowest BCUT2D eigenvalue weighted by atomic mass is 10.2. The Hall–Kier alpha value is -2.90. The van der Waals surface area contributed by atoms with Gasteiger partial charge >= 0.3 is 0 Å². The molecule has 3 rings (SSSR count). The summed E-state index contributed by atoms with van der Waals surface area (Å²) >= 11 is 0. The second-order valence-electron chi connectivity index (χ2n) is 6.28. The van der Waals surface area contributed by atoms with Crippen molar-refractivity contribution in [3.8, 4) is 22.9 Å². The summed E-state index contributed by atoms with van der Waals surface area (Å²) in [4.78, 5) is 4.50. The summed E-state index contributed by atoms with van der Waals surface area (Å²) in [7, 11) is 3.28. The molecule has 3 aromatic rings. The van der Waals surface area contributed by atoms with E-state index in [2.05, 4.69) is 15.5 Å². The molecule has 0 amide bonds. The Morgan fingerprint density at radius 1 is 1.04 bits per heavy atom. The molecule has 1 N–H and O–H groups in total. The molecule has 1 heterocycles. The Labute approximate surface area is 164 Å². The van der Waals surface area contributed by atoms with Crippen molar-refractivity contribution in [1.82, 2.24) is 15.5 Å². The molecule has 28 heavy (non-hydrogen) atoms. The lowest BCUT2D eigenvalue weighted by Gasteiger charge is -2.11. The lowest BCUT2D eigenvalue weighted by Crippen LogP contribution is -2.18. The van der Waals surface area contributed by atoms with Gasteiger partial charge in [0.25, 0.3) is 0 Å². The van der Waals surface area contributed by atoms with Gasteiger partial charge in [-0.05, 0) is 36.8 Å². The second-order valence-corrected chi connectivity index (χ2v) is 6.28. The minimum Gasteiger partial charge on any atom is -0.497 e. The number of hydrogen-bond donors (Lipinski definition) is 1. The van der Waals surface area contributed by atoms with Gasteiger partial charge in [-0.15, -0.1) is 0 Å². The summed E-state index contributed by atoms with van der Waals surface area (Å²) < 4.78 is 21.3. The maximum Gasteiger partial charge on any atom is 0.243 e. The van der Waals surface area contributed by atoms with E-state index in [1.807, 2.05) is 55.5 Å². The van der Waals surface area contributed by atoms with Crippen molar-refractivity contribution in [3.05, 3.63) is 60.0 Å². The number of methoxy groups -OCH3 is 2. The zero-order chi connectivity index (χ0) is 19.8. The summed E-state index contributed by atoms with van der Waals surface area (Å²) in [5, 5.41) is 7.48. The number of aromatic nitrogens is 2. The zero-order valence-corrected chi connectivity index (χ0v) is 16.3. The van der Waals surface area contributed by atoms with E-state index in [4.69, 9.17) is 18.7 Å². The summed E-state index contributed by atoms with van der Waals surface area (Å²) in [5.74, 6) is 2.64. The first-order valence-electron chi connectivity index (χ1n) is 9.11. The van der Waals surface area contributed by atoms with Gasteiger partial charge in [-0.1, -0.05) is 29.4 Å². The van der Waals surface area contributed by atoms with Crippen LogP contribution in [0.2, 0.25) is 0 Å². The van der Waals surface area contributed by atoms with Crippen LogP contribution in [0.1, 0.15) is 24.4 Å². The van der Waals surface area contributed by atoms with Crippen molar-refractivity contribution < 1.29 is 18.7 Å². The molecule has 0 bridgehead atoms. The Bertz CT molecular complexity index is 881. The third-order valence-electron chi connectivity index (χ3n) is 4.21. The van der Waals surface area contributed by atoms with Crippen LogP contribution < -0.4 is 14.8 Å². The third-order valence-corrected chi connectivity index (χ3v) is 4.21. The van der Waals surface area contributed by atoms with Gasteiger partial charge in [0.1, 0.15) is 18.1 Å². The fourth-order valence-corrected chi connectivity index (χ4v) is 2.64. The van der Waals surface area contributed by atoms with E-state index in [0.29, 0.717) is 31.5 Å². The van der Waals surface area contributed by atoms with Gasteiger partial charge in [0.2, 0.25) is 11.7 Å². The molecule has 1 atom stereocenters. The number of nitrogens with one attached hydrogen (secondary N) is 1. The first-order chi connectivity index (χ1) is 13.7. The number of benzene rings is 2. The predicted molar refractivity (Wildman–Crippen MR) is 105 cm³/mol. The maximum absolute atomic E-state index is 5.65. The van der Waals surface area contributed by atoms with Gasteiger partial charge in [0.15, 0.2) is 0 Å². The van der Waals surface area contributed by atoms with E-state index in [9.17, 15) is 0 Å². The fourth-order valence-electron chi connectivity index (χ4n) is 2.64. The predicted octanol–water partition coefficient (Wildman–Crippen LogP) is 3.62. The highest BCUT2D eigenvalue weighted by Gasteiger charge is 2.15. The van der Waals surface area contributed by atoms with Crippen LogP contribution in [-0.4, -0.2) is 37.6 Å². The molecule has 7 heteroatoms. The highest BCUT2D eigenvalue weighted by Crippen LogP contribution is 2.23. The summed E-state index contributed by atoms with van der Waals surface area (Å²) in [5.41, 5.74) is 1.96. The van der Waals surface area contributed by atoms with E-state index in [-0.39, 0.29) is 6.04 Å². The summed E-state index contributed by atoms with van der Waals surface area (Å²) in [6, 6.07) is 15.4. The van der Waals surface area contributed by atoms with Crippen LogP contribution in [0.4, 0.5) is 0 Å². The van der Waals surface area contributed by atoms with Crippen LogP contribution >= 0.6 is 0 Å². The van der Waals surface area contributed by atoms with Gasteiger partial charge < -0.3 is 24.1 Å². The lowest BCUT2D eigenvalue weighted by molar-refractivity contribution is 0.146. The van der Waals surface area contributed by atoms with Crippen molar-refractivity contribution in [2.75, 3.05) is 27.4 Å². The first-order valence-corrected chi connectivity index (χ1v) is 9.11. The normalized spacial score (nSPS) is 12.0. The number of ether oxygens (including phenoxy) is 3. The van der Waals surface area contributed by atoms with E-state index >= 15 is 0 Å². The van der Waals surface area contributed by atoms with Crippen molar-refractivity contribution in [2.45, 2.75) is 19.5 Å². The number of rotatable bonds is 10. The molecule has 1 aromatic heterocycles. The van der Waals surface area contributed by atoms with Crippen molar-refractivity contribution >= 4 is 0 Å². The van der Waals surface area contributed by atoms with Gasteiger partial charge in [0, 0.05) is 19.2 Å². The molecule has 148 valence electrons. The van der Waals surface area contributed by atoms with Gasteiger partial charge in [-0.3, -0.25) is 0 Å². The van der Waals surface area contributed by atoms with Crippen molar-refractivity contribution in [1.29, 1.82) is 0 Å². The van der Waals surface area contributed by atoms with Gasteiger partial charge in [-0.25, -0.2) is 0 Å². The smallest absolute Gasteiger partial charge is 0.243 e. The minimum atomic E-state index is -0.0927. The Morgan fingerprint density at radius 2 is 1.86 bits per heavy atom. The fraction of sp³-hybridized carbons (Fsp3) is 0.333. The summed E-state index contributed by atoms with van der Waals surface area (Å²) in [6.45, 7) is 3.73. The van der Waals surface area contributed by atoms with Gasteiger partial charge in [-0.2, -0.15) is 4.98 Å². The monoisotopic (exact) mass is 383 g/mol. The molecular formula is C21H25N3O4. The molecule has 0 radical (unpaired) electrons. The molecule has 0 aliphatic rings. The molecule has 2 aromatic carbocycles. The number of nitrogens with zero attached hydrogens (tertiary/aromatic N) is 2. The minimum absolute atomic E-state index is 0.0927. The second kappa shape index (κ2) is 9.87. The van der Waals surface area contributed by atoms with Crippen LogP contribution in [-0.2, 0) is 11.3 Å². The van der Waals surface area contributed by atoms with Gasteiger partial charge in [0.05, 0.1) is 19.8 Å². The Morgan fingerprint density at radius 3 is 2.68 bits per heavy atom. The Kier molecular flexibility index (Phi) is 7.00. The highest BCUT2D eigenvalue weighted by atomic mass is 16.5. The quantitative estimate of drug-likeness (QED) is 0.536. The molecule has 0 saturated heterocycles. The van der Waals surface area contributed by atoms with Crippen LogP contribution in [0, 0.1) is 0 Å². The van der Waals surface area contributed by atoms with E-state index in [0.717, 1.165) is 22.6 Å². The molecule has 0 fully saturated rings. The Balaban J connectivity index is 1.59. The van der Waals surface area contributed by atoms with E-state index in [1.165, 1.54) is 0 Å². The van der Waals surface area contributed by atoms with Crippen LogP contribution in [0.25, 0.3) is 11.4 Å². The average molecular weight is 383 g/mol. The molecular weight excluding hydrogens is 358 g/mol. The molecule has 1 unspecified atom stereocenters. The average Bonchev–Trinajstić information content (AvgIpc) is 3.23. The van der Waals surface area contributed by atoms with Crippen LogP contribution in [0.15, 0.2) is 53.1 Å².